The molecule has 21 heavy (non-hydrogen) atoms. The van der Waals surface area contributed by atoms with E-state index in [0.29, 0.717) is 24.9 Å². The highest BCUT2D eigenvalue weighted by Crippen LogP contribution is 2.36. The number of carboxylic acid groups (broad SMARTS) is 1. The number of nitrogens with two attached hydrogens (primary N) is 1. The lowest BCUT2D eigenvalue weighted by molar-refractivity contribution is -0.150. The van der Waals surface area contributed by atoms with Crippen molar-refractivity contribution in [3.05, 3.63) is 35.4 Å². The van der Waals surface area contributed by atoms with Gasteiger partial charge in [-0.1, -0.05) is 31.4 Å². The Morgan fingerprint density at radius 1 is 1.14 bits per heavy atom. The van der Waals surface area contributed by atoms with Crippen LogP contribution in [0.3, 0.4) is 0 Å². The molecule has 1 fully saturated rings. The van der Waals surface area contributed by atoms with Crippen LogP contribution in [0.2, 0.25) is 0 Å². The predicted octanol–water partition coefficient (Wildman–Crippen LogP) is 1.91. The van der Waals surface area contributed by atoms with Crippen molar-refractivity contribution in [2.24, 2.45) is 11.1 Å². The second-order valence-electron chi connectivity index (χ2n) is 5.73. The summed E-state index contributed by atoms with van der Waals surface area (Å²) in [5, 5.41) is 12.3. The quantitative estimate of drug-likeness (QED) is 0.772. The minimum absolute atomic E-state index is 0.194. The van der Waals surface area contributed by atoms with Crippen LogP contribution in [0, 0.1) is 5.41 Å². The SMILES string of the molecule is NCc1ccc(C(=O)NCC2(C(=O)O)CCCCC2)cc1. The normalized spacial score (nSPS) is 17.2. The highest BCUT2D eigenvalue weighted by Gasteiger charge is 2.39. The minimum atomic E-state index is -0.805. The van der Waals surface area contributed by atoms with Gasteiger partial charge < -0.3 is 16.2 Å². The topological polar surface area (TPSA) is 92.4 Å². The largest absolute Gasteiger partial charge is 0.481 e. The predicted molar refractivity (Wildman–Crippen MR) is 79.8 cm³/mol. The molecule has 0 aliphatic heterocycles. The first-order valence-corrected chi connectivity index (χ1v) is 7.38. The molecule has 0 bridgehead atoms. The molecule has 5 heteroatoms. The Morgan fingerprint density at radius 2 is 1.76 bits per heavy atom. The molecule has 0 spiro atoms. The average molecular weight is 290 g/mol. The Labute approximate surface area is 124 Å². The maximum absolute atomic E-state index is 12.1. The van der Waals surface area contributed by atoms with Gasteiger partial charge >= 0.3 is 5.97 Å². The standard InChI is InChI=1S/C16H22N2O3/c17-10-12-4-6-13(7-5-12)14(19)18-11-16(15(20)21)8-2-1-3-9-16/h4-7H,1-3,8-11,17H2,(H,18,19)(H,20,21). The van der Waals surface area contributed by atoms with Gasteiger partial charge in [-0.3, -0.25) is 9.59 Å². The Hall–Kier alpha value is -1.88. The van der Waals surface area contributed by atoms with Crippen LogP contribution < -0.4 is 11.1 Å². The molecule has 0 saturated heterocycles. The van der Waals surface area contributed by atoms with Crippen LogP contribution >= 0.6 is 0 Å². The second kappa shape index (κ2) is 6.72. The van der Waals surface area contributed by atoms with Crippen molar-refractivity contribution >= 4 is 11.9 Å². The van der Waals surface area contributed by atoms with Crippen LogP contribution in [0.4, 0.5) is 0 Å². The van der Waals surface area contributed by atoms with Gasteiger partial charge in [-0.15, -0.1) is 0 Å². The van der Waals surface area contributed by atoms with E-state index in [1.54, 1.807) is 12.1 Å². The van der Waals surface area contributed by atoms with Crippen LogP contribution in [0.15, 0.2) is 24.3 Å². The zero-order chi connectivity index (χ0) is 15.3. The second-order valence-corrected chi connectivity index (χ2v) is 5.73. The van der Waals surface area contributed by atoms with Crippen LogP contribution in [-0.2, 0) is 11.3 Å². The third-order valence-corrected chi connectivity index (χ3v) is 4.30. The molecule has 0 heterocycles. The number of nitrogens with one attached hydrogen (secondary N) is 1. The highest BCUT2D eigenvalue weighted by atomic mass is 16.4. The van der Waals surface area contributed by atoms with Crippen LogP contribution in [-0.4, -0.2) is 23.5 Å². The molecule has 2 rings (SSSR count). The molecule has 1 aliphatic carbocycles. The number of aliphatic carboxylic acids is 1. The summed E-state index contributed by atoms with van der Waals surface area (Å²) < 4.78 is 0. The number of benzene rings is 1. The summed E-state index contributed by atoms with van der Waals surface area (Å²) in [4.78, 5) is 23.7. The number of carbonyl (C=O) groups excluding carboxylic acids is 1. The third-order valence-electron chi connectivity index (χ3n) is 4.30. The lowest BCUT2D eigenvalue weighted by atomic mass is 9.74. The molecular weight excluding hydrogens is 268 g/mol. The number of amides is 1. The molecule has 0 aromatic heterocycles. The van der Waals surface area contributed by atoms with Gasteiger partial charge in [0.05, 0.1) is 5.41 Å². The molecule has 1 saturated carbocycles. The zero-order valence-electron chi connectivity index (χ0n) is 12.1. The van der Waals surface area contributed by atoms with E-state index in [9.17, 15) is 14.7 Å². The van der Waals surface area contributed by atoms with E-state index in [1.807, 2.05) is 12.1 Å². The van der Waals surface area contributed by atoms with Gasteiger partial charge in [0.25, 0.3) is 5.91 Å². The fourth-order valence-electron chi connectivity index (χ4n) is 2.84. The molecule has 1 amide bonds. The summed E-state index contributed by atoms with van der Waals surface area (Å²) in [6.45, 7) is 0.629. The van der Waals surface area contributed by atoms with Crippen molar-refractivity contribution in [1.29, 1.82) is 0 Å². The van der Waals surface area contributed by atoms with Gasteiger partial charge in [0.15, 0.2) is 0 Å². The summed E-state index contributed by atoms with van der Waals surface area (Å²) >= 11 is 0. The number of hydrogen-bond donors (Lipinski definition) is 3. The van der Waals surface area contributed by atoms with E-state index in [1.165, 1.54) is 0 Å². The van der Waals surface area contributed by atoms with E-state index in [2.05, 4.69) is 5.32 Å². The van der Waals surface area contributed by atoms with Gasteiger partial charge in [0.1, 0.15) is 0 Å². The van der Waals surface area contributed by atoms with Crippen LogP contribution in [0.1, 0.15) is 48.0 Å². The molecule has 1 aromatic carbocycles. The molecular formula is C16H22N2O3. The van der Waals surface area contributed by atoms with Crippen molar-refractivity contribution in [1.82, 2.24) is 5.32 Å². The maximum Gasteiger partial charge on any atom is 0.311 e. The Bertz CT molecular complexity index is 505. The van der Waals surface area contributed by atoms with E-state index in [-0.39, 0.29) is 12.5 Å². The van der Waals surface area contributed by atoms with Crippen molar-refractivity contribution < 1.29 is 14.7 Å². The lowest BCUT2D eigenvalue weighted by Gasteiger charge is -2.33. The molecule has 114 valence electrons. The van der Waals surface area contributed by atoms with Gasteiger partial charge in [-0.05, 0) is 30.5 Å². The van der Waals surface area contributed by atoms with Crippen LogP contribution in [0.25, 0.3) is 0 Å². The smallest absolute Gasteiger partial charge is 0.311 e. The first-order chi connectivity index (χ1) is 10.1. The summed E-state index contributed by atoms with van der Waals surface area (Å²) in [7, 11) is 0. The lowest BCUT2D eigenvalue weighted by Crippen LogP contribution is -2.44. The summed E-state index contributed by atoms with van der Waals surface area (Å²) in [5.41, 5.74) is 6.21. The first kappa shape index (κ1) is 15.5. The zero-order valence-corrected chi connectivity index (χ0v) is 12.1. The van der Waals surface area contributed by atoms with E-state index in [0.717, 1.165) is 24.8 Å². The number of carbonyl (C=O) groups is 2. The molecule has 4 N–H and O–H groups in total. The van der Waals surface area contributed by atoms with E-state index in [4.69, 9.17) is 5.73 Å². The molecule has 1 aromatic rings. The van der Waals surface area contributed by atoms with Crippen molar-refractivity contribution in [3.8, 4) is 0 Å². The van der Waals surface area contributed by atoms with Crippen LogP contribution in [0.5, 0.6) is 0 Å². The van der Waals surface area contributed by atoms with Gasteiger partial charge in [-0.25, -0.2) is 0 Å². The summed E-state index contributed by atoms with van der Waals surface area (Å²) in [5.74, 6) is -1.04. The Balaban J connectivity index is 1.99. The Morgan fingerprint density at radius 3 is 2.29 bits per heavy atom. The van der Waals surface area contributed by atoms with Gasteiger partial charge in [0, 0.05) is 18.7 Å². The first-order valence-electron chi connectivity index (χ1n) is 7.38. The number of carboxylic acids is 1. The van der Waals surface area contributed by atoms with Crippen molar-refractivity contribution in [2.75, 3.05) is 6.54 Å². The minimum Gasteiger partial charge on any atom is -0.481 e. The summed E-state index contributed by atoms with van der Waals surface area (Å²) in [6, 6.07) is 7.04. The highest BCUT2D eigenvalue weighted by molar-refractivity contribution is 5.94. The summed E-state index contributed by atoms with van der Waals surface area (Å²) in [6.07, 6.45) is 4.16. The third kappa shape index (κ3) is 3.61. The fraction of sp³-hybridized carbons (Fsp3) is 0.500. The fourth-order valence-corrected chi connectivity index (χ4v) is 2.84. The molecule has 0 radical (unpaired) electrons. The number of rotatable bonds is 5. The van der Waals surface area contributed by atoms with E-state index < -0.39 is 11.4 Å². The molecule has 1 aliphatic rings. The van der Waals surface area contributed by atoms with Crippen molar-refractivity contribution in [3.63, 3.8) is 0 Å². The van der Waals surface area contributed by atoms with Crippen molar-refractivity contribution in [2.45, 2.75) is 38.6 Å². The maximum atomic E-state index is 12.1. The van der Waals surface area contributed by atoms with Gasteiger partial charge in [-0.2, -0.15) is 0 Å². The Kier molecular flexibility index (Phi) is 4.96. The van der Waals surface area contributed by atoms with Gasteiger partial charge in [0.2, 0.25) is 0 Å². The molecule has 0 atom stereocenters. The molecule has 5 nitrogen and oxygen atoms in total. The monoisotopic (exact) mass is 290 g/mol. The van der Waals surface area contributed by atoms with E-state index >= 15 is 0 Å². The molecule has 0 unspecified atom stereocenters. The number of hydrogen-bond acceptors (Lipinski definition) is 3. The average Bonchev–Trinajstić information content (AvgIpc) is 2.53.